The quantitative estimate of drug-likeness (QED) is 0.790. The van der Waals surface area contributed by atoms with Crippen molar-refractivity contribution < 1.29 is 14.3 Å². The van der Waals surface area contributed by atoms with Crippen molar-refractivity contribution in [2.75, 3.05) is 6.61 Å². The maximum atomic E-state index is 12.0. The molecule has 2 rings (SSSR count). The zero-order chi connectivity index (χ0) is 15.9. The maximum Gasteiger partial charge on any atom is 0.338 e. The van der Waals surface area contributed by atoms with Crippen molar-refractivity contribution >= 4 is 11.9 Å². The number of nitrogens with one attached hydrogen (secondary N) is 1. The van der Waals surface area contributed by atoms with Crippen LogP contribution in [0.4, 0.5) is 0 Å². The summed E-state index contributed by atoms with van der Waals surface area (Å²) in [7, 11) is 0. The maximum absolute atomic E-state index is 12.0. The third kappa shape index (κ3) is 4.11. The molecule has 8 heteroatoms. The summed E-state index contributed by atoms with van der Waals surface area (Å²) >= 11 is 0. The number of amides is 1. The summed E-state index contributed by atoms with van der Waals surface area (Å²) in [6, 6.07) is 6.68. The molecule has 0 saturated carbocycles. The lowest BCUT2D eigenvalue weighted by Gasteiger charge is -2.11. The van der Waals surface area contributed by atoms with E-state index in [0.717, 1.165) is 6.42 Å². The standard InChI is InChI=1S/C14H17N5O3/c1-3-10(2)16-13(20)8-22-14(21)11-5-4-6-12(7-11)19-9-15-17-18-19/h4-7,9-10H,3,8H2,1-2H3,(H,16,20)/t10-/m1/s1. The Morgan fingerprint density at radius 2 is 2.23 bits per heavy atom. The van der Waals surface area contributed by atoms with Crippen LogP contribution < -0.4 is 5.32 Å². The van der Waals surface area contributed by atoms with Crippen molar-refractivity contribution in [1.82, 2.24) is 25.5 Å². The van der Waals surface area contributed by atoms with Crippen LogP contribution >= 0.6 is 0 Å². The average Bonchev–Trinajstić information content (AvgIpc) is 3.07. The number of tetrazole rings is 1. The predicted molar refractivity (Wildman–Crippen MR) is 77.3 cm³/mol. The van der Waals surface area contributed by atoms with E-state index in [4.69, 9.17) is 4.74 Å². The number of benzene rings is 1. The lowest BCUT2D eigenvalue weighted by atomic mass is 10.2. The minimum atomic E-state index is -0.575. The molecule has 0 fully saturated rings. The van der Waals surface area contributed by atoms with Crippen molar-refractivity contribution in [1.29, 1.82) is 0 Å². The van der Waals surface area contributed by atoms with E-state index in [2.05, 4.69) is 20.8 Å². The molecule has 0 aliphatic heterocycles. The molecule has 1 heterocycles. The Morgan fingerprint density at radius 3 is 2.91 bits per heavy atom. The van der Waals surface area contributed by atoms with E-state index >= 15 is 0 Å². The van der Waals surface area contributed by atoms with Crippen molar-refractivity contribution in [3.05, 3.63) is 36.2 Å². The molecular weight excluding hydrogens is 286 g/mol. The lowest BCUT2D eigenvalue weighted by Crippen LogP contribution is -2.35. The molecule has 1 aromatic carbocycles. The van der Waals surface area contributed by atoms with Crippen molar-refractivity contribution in [2.24, 2.45) is 0 Å². The van der Waals surface area contributed by atoms with Gasteiger partial charge in [-0.05, 0) is 42.0 Å². The molecule has 116 valence electrons. The molecule has 0 aliphatic rings. The normalized spacial score (nSPS) is 11.7. The number of aromatic nitrogens is 4. The zero-order valence-electron chi connectivity index (χ0n) is 12.4. The van der Waals surface area contributed by atoms with Gasteiger partial charge in [-0.2, -0.15) is 0 Å². The van der Waals surface area contributed by atoms with E-state index in [0.29, 0.717) is 11.3 Å². The highest BCUT2D eigenvalue weighted by atomic mass is 16.5. The van der Waals surface area contributed by atoms with E-state index in [1.54, 1.807) is 24.3 Å². The molecule has 1 N–H and O–H groups in total. The molecule has 0 spiro atoms. The van der Waals surface area contributed by atoms with E-state index in [1.165, 1.54) is 11.0 Å². The Labute approximate surface area is 127 Å². The first-order valence-electron chi connectivity index (χ1n) is 6.90. The number of rotatable bonds is 6. The summed E-state index contributed by atoms with van der Waals surface area (Å²) in [4.78, 5) is 23.5. The number of ether oxygens (including phenoxy) is 1. The highest BCUT2D eigenvalue weighted by molar-refractivity contribution is 5.91. The summed E-state index contributed by atoms with van der Waals surface area (Å²) in [6.07, 6.45) is 2.23. The molecule has 0 unspecified atom stereocenters. The Balaban J connectivity index is 1.96. The van der Waals surface area contributed by atoms with Gasteiger partial charge in [0.15, 0.2) is 6.61 Å². The summed E-state index contributed by atoms with van der Waals surface area (Å²) in [6.45, 7) is 3.54. The molecule has 0 saturated heterocycles. The fourth-order valence-corrected chi connectivity index (χ4v) is 1.69. The highest BCUT2D eigenvalue weighted by Crippen LogP contribution is 2.09. The third-order valence-electron chi connectivity index (χ3n) is 3.05. The van der Waals surface area contributed by atoms with Gasteiger partial charge in [0.2, 0.25) is 0 Å². The molecular formula is C14H17N5O3. The number of hydrogen-bond acceptors (Lipinski definition) is 6. The largest absolute Gasteiger partial charge is 0.452 e. The minimum Gasteiger partial charge on any atom is -0.452 e. The number of carbonyl (C=O) groups excluding carboxylic acids is 2. The van der Waals surface area contributed by atoms with Crippen LogP contribution in [0.15, 0.2) is 30.6 Å². The molecule has 0 aliphatic carbocycles. The van der Waals surface area contributed by atoms with Gasteiger partial charge in [-0.3, -0.25) is 4.79 Å². The van der Waals surface area contributed by atoms with Crippen LogP contribution in [0.2, 0.25) is 0 Å². The van der Waals surface area contributed by atoms with E-state index in [1.807, 2.05) is 13.8 Å². The van der Waals surface area contributed by atoms with Gasteiger partial charge >= 0.3 is 5.97 Å². The predicted octanol–water partition coefficient (Wildman–Crippen LogP) is 0.734. The summed E-state index contributed by atoms with van der Waals surface area (Å²) in [5.74, 6) is -0.895. The Bertz CT molecular complexity index is 642. The van der Waals surface area contributed by atoms with Crippen LogP contribution in [0.5, 0.6) is 0 Å². The van der Waals surface area contributed by atoms with Crippen LogP contribution in [-0.4, -0.2) is 44.7 Å². The molecule has 1 atom stereocenters. The van der Waals surface area contributed by atoms with Gasteiger partial charge in [-0.15, -0.1) is 5.10 Å². The monoisotopic (exact) mass is 303 g/mol. The molecule has 8 nitrogen and oxygen atoms in total. The van der Waals surface area contributed by atoms with E-state index in [-0.39, 0.29) is 18.6 Å². The molecule has 22 heavy (non-hydrogen) atoms. The number of carbonyl (C=O) groups is 2. The summed E-state index contributed by atoms with van der Waals surface area (Å²) < 4.78 is 6.42. The lowest BCUT2D eigenvalue weighted by molar-refractivity contribution is -0.124. The van der Waals surface area contributed by atoms with Gasteiger partial charge < -0.3 is 10.1 Å². The first-order chi connectivity index (χ1) is 10.6. The topological polar surface area (TPSA) is 99.0 Å². The first kappa shape index (κ1) is 15.6. The zero-order valence-corrected chi connectivity index (χ0v) is 12.4. The van der Waals surface area contributed by atoms with Crippen molar-refractivity contribution in [2.45, 2.75) is 26.3 Å². The van der Waals surface area contributed by atoms with Crippen LogP contribution in [0.25, 0.3) is 5.69 Å². The van der Waals surface area contributed by atoms with Crippen LogP contribution in [0.1, 0.15) is 30.6 Å². The Kier molecular flexibility index (Phi) is 5.18. The summed E-state index contributed by atoms with van der Waals surface area (Å²) in [5.41, 5.74) is 0.952. The molecule has 2 aromatic rings. The van der Waals surface area contributed by atoms with Gasteiger partial charge in [0.25, 0.3) is 5.91 Å². The molecule has 1 aromatic heterocycles. The van der Waals surface area contributed by atoms with Gasteiger partial charge in [-0.25, -0.2) is 9.48 Å². The van der Waals surface area contributed by atoms with Crippen LogP contribution in [0, 0.1) is 0 Å². The first-order valence-corrected chi connectivity index (χ1v) is 6.90. The molecule has 1 amide bonds. The second-order valence-corrected chi connectivity index (χ2v) is 4.76. The second-order valence-electron chi connectivity index (χ2n) is 4.76. The third-order valence-corrected chi connectivity index (χ3v) is 3.05. The fourth-order valence-electron chi connectivity index (χ4n) is 1.69. The number of esters is 1. The second kappa shape index (κ2) is 7.30. The van der Waals surface area contributed by atoms with Gasteiger partial charge in [-0.1, -0.05) is 13.0 Å². The smallest absolute Gasteiger partial charge is 0.338 e. The van der Waals surface area contributed by atoms with Crippen LogP contribution in [-0.2, 0) is 9.53 Å². The molecule has 0 bridgehead atoms. The minimum absolute atomic E-state index is 0.0503. The van der Waals surface area contributed by atoms with Gasteiger partial charge in [0.05, 0.1) is 11.3 Å². The van der Waals surface area contributed by atoms with Gasteiger partial charge in [0.1, 0.15) is 6.33 Å². The van der Waals surface area contributed by atoms with E-state index < -0.39 is 5.97 Å². The SMILES string of the molecule is CC[C@@H](C)NC(=O)COC(=O)c1cccc(-n2cnnn2)c1. The average molecular weight is 303 g/mol. The Morgan fingerprint density at radius 1 is 1.41 bits per heavy atom. The Hall–Kier alpha value is -2.77. The fraction of sp³-hybridized carbons (Fsp3) is 0.357. The van der Waals surface area contributed by atoms with E-state index in [9.17, 15) is 9.59 Å². The molecule has 0 radical (unpaired) electrons. The van der Waals surface area contributed by atoms with Crippen LogP contribution in [0.3, 0.4) is 0 Å². The van der Waals surface area contributed by atoms with Gasteiger partial charge in [0, 0.05) is 6.04 Å². The summed E-state index contributed by atoms with van der Waals surface area (Å²) in [5, 5.41) is 13.5. The van der Waals surface area contributed by atoms with Crippen molar-refractivity contribution in [3.8, 4) is 5.69 Å². The van der Waals surface area contributed by atoms with Crippen molar-refractivity contribution in [3.63, 3.8) is 0 Å². The number of nitrogens with zero attached hydrogens (tertiary/aromatic N) is 4. The number of hydrogen-bond donors (Lipinski definition) is 1. The highest BCUT2D eigenvalue weighted by Gasteiger charge is 2.12.